The second-order valence-corrected chi connectivity index (χ2v) is 16.8. The summed E-state index contributed by atoms with van der Waals surface area (Å²) in [5, 5.41) is 4.50. The molecule has 1 aromatic rings. The highest BCUT2D eigenvalue weighted by molar-refractivity contribution is 7.91. The molecule has 0 unspecified atom stereocenters. The number of fused-ring (bicyclic) bond motifs is 3. The normalized spacial score (nSPS) is 29.0. The number of carbonyl (C=O) groups excluding carboxylic acids is 6. The van der Waals surface area contributed by atoms with E-state index in [4.69, 9.17) is 9.47 Å². The number of rotatable bonds is 5. The molecule has 52 heavy (non-hydrogen) atoms. The molecular formula is C35H42FN5O10S. The quantitative estimate of drug-likeness (QED) is 0.402. The molecule has 280 valence electrons. The van der Waals surface area contributed by atoms with Gasteiger partial charge in [-0.15, -0.1) is 0 Å². The van der Waals surface area contributed by atoms with Crippen LogP contribution in [0.25, 0.3) is 0 Å². The Hall–Kier alpha value is -4.80. The summed E-state index contributed by atoms with van der Waals surface area (Å²) in [6.07, 6.45) is 3.33. The number of amides is 5. The van der Waals surface area contributed by atoms with Gasteiger partial charge in [-0.25, -0.2) is 22.4 Å². The van der Waals surface area contributed by atoms with E-state index in [2.05, 4.69) is 15.4 Å². The summed E-state index contributed by atoms with van der Waals surface area (Å²) in [4.78, 5) is 83.3. The maximum atomic E-state index is 14.4. The van der Waals surface area contributed by atoms with Gasteiger partial charge < -0.3 is 25.0 Å². The lowest BCUT2D eigenvalue weighted by molar-refractivity contribution is -0.141. The van der Waals surface area contributed by atoms with Crippen LogP contribution in [0.1, 0.15) is 70.4 Å². The molecule has 1 aromatic carbocycles. The Balaban J connectivity index is 1.27. The summed E-state index contributed by atoms with van der Waals surface area (Å²) in [6, 6.07) is 1.84. The van der Waals surface area contributed by atoms with Crippen LogP contribution in [0.5, 0.6) is 0 Å². The largest absolute Gasteiger partial charge is 0.444 e. The number of allylic oxidation sites excluding steroid dienone is 3. The number of carbonyl (C=O) groups is 6. The van der Waals surface area contributed by atoms with Crippen LogP contribution in [0.15, 0.2) is 42.5 Å². The van der Waals surface area contributed by atoms with Crippen molar-refractivity contribution in [2.75, 3.05) is 6.54 Å². The standard InChI is InChI=1S/C35H42FN5O10S/c1-34(2,3)51-32(46)37-27-14-11-22(42)9-5-4-8-21-16-35(21,31(45)39-52(48,49)24-12-13-24)38-29(43)28-15-23(18-41(28)30(27)44)50-33(47)40-17-20-7-6-10-26(36)25(20)19-40/h4-10,21,23-24,27-28H,11-19H2,1-3H3,(H,37,46)(H,38,43)(H,39,45)/b8-4-,9-5+/t21-,23-,27+,28+,35-/m1/s1. The predicted octanol–water partition coefficient (Wildman–Crippen LogP) is 2.10. The van der Waals surface area contributed by atoms with Gasteiger partial charge in [0.15, 0.2) is 5.78 Å². The Bertz CT molecular complexity index is 1860. The third kappa shape index (κ3) is 8.13. The molecule has 6 rings (SSSR count). The molecule has 2 aliphatic carbocycles. The molecule has 1 saturated heterocycles. The van der Waals surface area contributed by atoms with Gasteiger partial charge in [0.05, 0.1) is 18.3 Å². The van der Waals surface area contributed by atoms with Crippen molar-refractivity contribution in [3.05, 3.63) is 59.4 Å². The first kappa shape index (κ1) is 37.0. The van der Waals surface area contributed by atoms with Crippen LogP contribution < -0.4 is 15.4 Å². The Morgan fingerprint density at radius 3 is 2.50 bits per heavy atom. The first-order valence-electron chi connectivity index (χ1n) is 17.2. The molecule has 0 spiro atoms. The van der Waals surface area contributed by atoms with E-state index in [-0.39, 0.29) is 51.1 Å². The highest BCUT2D eigenvalue weighted by atomic mass is 32.2. The van der Waals surface area contributed by atoms with Gasteiger partial charge in [0.25, 0.3) is 5.91 Å². The van der Waals surface area contributed by atoms with Gasteiger partial charge in [-0.2, -0.15) is 0 Å². The number of benzene rings is 1. The molecule has 0 radical (unpaired) electrons. The van der Waals surface area contributed by atoms with E-state index in [0.717, 1.165) is 4.90 Å². The van der Waals surface area contributed by atoms with Crippen LogP contribution in [0.4, 0.5) is 14.0 Å². The molecule has 5 aliphatic rings. The number of nitrogens with zero attached hydrogens (tertiary/aromatic N) is 2. The number of sulfonamides is 1. The minimum atomic E-state index is -3.98. The number of halogens is 1. The molecule has 3 N–H and O–H groups in total. The lowest BCUT2D eigenvalue weighted by Gasteiger charge is -2.30. The number of hydrogen-bond acceptors (Lipinski definition) is 10. The maximum Gasteiger partial charge on any atom is 0.410 e. The third-order valence-corrected chi connectivity index (χ3v) is 11.5. The summed E-state index contributed by atoms with van der Waals surface area (Å²) in [5.41, 5.74) is -1.63. The molecule has 5 atom stereocenters. The molecular weight excluding hydrogens is 701 g/mol. The van der Waals surface area contributed by atoms with Gasteiger partial charge in [-0.05, 0) is 64.2 Å². The number of hydrogen-bond donors (Lipinski definition) is 3. The Labute approximate surface area is 300 Å². The zero-order valence-electron chi connectivity index (χ0n) is 29.1. The second-order valence-electron chi connectivity index (χ2n) is 14.9. The molecule has 2 saturated carbocycles. The molecule has 0 bridgehead atoms. The molecule has 15 nitrogen and oxygen atoms in total. The first-order valence-corrected chi connectivity index (χ1v) is 18.8. The fraction of sp³-hybridized carbons (Fsp3) is 0.543. The second kappa shape index (κ2) is 14.0. The van der Waals surface area contributed by atoms with E-state index in [1.807, 2.05) is 0 Å². The van der Waals surface area contributed by atoms with Crippen LogP contribution in [0.3, 0.4) is 0 Å². The summed E-state index contributed by atoms with van der Waals surface area (Å²) in [5.74, 6) is -4.00. The van der Waals surface area contributed by atoms with Crippen LogP contribution >= 0.6 is 0 Å². The summed E-state index contributed by atoms with van der Waals surface area (Å²) >= 11 is 0. The van der Waals surface area contributed by atoms with Crippen LogP contribution in [0, 0.1) is 11.7 Å². The fourth-order valence-electron chi connectivity index (χ4n) is 6.71. The van der Waals surface area contributed by atoms with E-state index in [1.165, 1.54) is 35.3 Å². The summed E-state index contributed by atoms with van der Waals surface area (Å²) in [7, 11) is -3.98. The van der Waals surface area contributed by atoms with Crippen molar-refractivity contribution < 1.29 is 51.0 Å². The molecule has 3 aliphatic heterocycles. The minimum Gasteiger partial charge on any atom is -0.444 e. The third-order valence-electron chi connectivity index (χ3n) is 9.67. The maximum absolute atomic E-state index is 14.4. The monoisotopic (exact) mass is 743 g/mol. The smallest absolute Gasteiger partial charge is 0.410 e. The zero-order chi connectivity index (χ0) is 37.6. The van der Waals surface area contributed by atoms with Crippen molar-refractivity contribution in [3.8, 4) is 0 Å². The van der Waals surface area contributed by atoms with E-state index in [9.17, 15) is 41.6 Å². The van der Waals surface area contributed by atoms with Gasteiger partial charge in [-0.3, -0.25) is 28.8 Å². The van der Waals surface area contributed by atoms with Crippen molar-refractivity contribution in [3.63, 3.8) is 0 Å². The van der Waals surface area contributed by atoms with Crippen LogP contribution in [-0.4, -0.2) is 95.0 Å². The number of nitrogens with one attached hydrogen (secondary N) is 3. The molecule has 17 heteroatoms. The van der Waals surface area contributed by atoms with Gasteiger partial charge in [0.1, 0.15) is 35.1 Å². The topological polar surface area (TPSA) is 198 Å². The summed E-state index contributed by atoms with van der Waals surface area (Å²) in [6.45, 7) is 4.65. The predicted molar refractivity (Wildman–Crippen MR) is 181 cm³/mol. The highest BCUT2D eigenvalue weighted by Crippen LogP contribution is 2.46. The SMILES string of the molecule is CC(C)(C)OC(=O)N[C@H]1CCC(=O)/C=C/C=C\[C@@H]2C[C@@]2(C(=O)NS(=O)(=O)C2CC2)NC(=O)[C@@H]2C[C@@H](OC(=O)N3Cc4cccc(F)c4C3)CN2C1=O. The average Bonchev–Trinajstić information content (AvgIpc) is 3.94. The van der Waals surface area contributed by atoms with Gasteiger partial charge in [-0.1, -0.05) is 30.4 Å². The van der Waals surface area contributed by atoms with Crippen molar-refractivity contribution in [2.45, 2.75) is 107 Å². The van der Waals surface area contributed by atoms with E-state index < -0.39 is 86.2 Å². The molecule has 3 fully saturated rings. The molecule has 5 amide bonds. The lowest BCUT2D eigenvalue weighted by Crippen LogP contribution is -2.58. The number of alkyl carbamates (subject to hydrolysis) is 1. The van der Waals surface area contributed by atoms with E-state index in [0.29, 0.717) is 24.0 Å². The number of ketones is 1. The van der Waals surface area contributed by atoms with Crippen molar-refractivity contribution in [1.82, 2.24) is 25.2 Å². The molecule has 0 aromatic heterocycles. The lowest BCUT2D eigenvalue weighted by atomic mass is 10.1. The Morgan fingerprint density at radius 2 is 1.81 bits per heavy atom. The molecule has 3 heterocycles. The van der Waals surface area contributed by atoms with Crippen molar-refractivity contribution >= 4 is 45.7 Å². The Kier molecular flexibility index (Phi) is 9.93. The Morgan fingerprint density at radius 1 is 1.06 bits per heavy atom. The van der Waals surface area contributed by atoms with Crippen molar-refractivity contribution in [2.24, 2.45) is 5.92 Å². The van der Waals surface area contributed by atoms with Gasteiger partial charge in [0, 0.05) is 30.9 Å². The van der Waals surface area contributed by atoms with E-state index >= 15 is 0 Å². The van der Waals surface area contributed by atoms with Gasteiger partial charge >= 0.3 is 12.2 Å². The first-order chi connectivity index (χ1) is 24.5. The van der Waals surface area contributed by atoms with Gasteiger partial charge in [0.2, 0.25) is 21.8 Å². The summed E-state index contributed by atoms with van der Waals surface area (Å²) < 4.78 is 53.1. The van der Waals surface area contributed by atoms with Crippen molar-refractivity contribution in [1.29, 1.82) is 0 Å². The fourth-order valence-corrected chi connectivity index (χ4v) is 8.07. The van der Waals surface area contributed by atoms with E-state index in [1.54, 1.807) is 32.9 Å². The van der Waals surface area contributed by atoms with Crippen LogP contribution in [-0.2, 0) is 51.8 Å². The van der Waals surface area contributed by atoms with Crippen LogP contribution in [0.2, 0.25) is 0 Å². The highest BCUT2D eigenvalue weighted by Gasteiger charge is 2.62. The number of ether oxygens (including phenoxy) is 2. The minimum absolute atomic E-state index is 0.0387. The average molecular weight is 744 g/mol. The zero-order valence-corrected chi connectivity index (χ0v) is 29.9.